The van der Waals surface area contributed by atoms with Crippen molar-refractivity contribution >= 4 is 40.3 Å². The molecule has 2 amide bonds. The number of carbonyl (C=O) groups excluding carboxylic acids is 2. The molecule has 4 aromatic rings. The van der Waals surface area contributed by atoms with Crippen molar-refractivity contribution in [1.82, 2.24) is 0 Å². The van der Waals surface area contributed by atoms with E-state index < -0.39 is 0 Å². The zero-order chi connectivity index (χ0) is 37.4. The molecular weight excluding hydrogens is 626 g/mol. The Kier molecular flexibility index (Phi) is 16.5. The van der Waals surface area contributed by atoms with E-state index in [1.807, 2.05) is 48.5 Å². The molecule has 0 aliphatic rings. The number of hydrogen-bond acceptors (Lipinski definition) is 7. The number of anilines is 5. The number of nitrogen functional groups attached to an aromatic ring is 1. The van der Waals surface area contributed by atoms with Crippen molar-refractivity contribution in [3.05, 3.63) is 113 Å². The number of nitrogens with one attached hydrogen (secondary N) is 4. The first-order chi connectivity index (χ1) is 23.5. The Balaban J connectivity index is 0.000000317. The van der Waals surface area contributed by atoms with Crippen LogP contribution in [0, 0.1) is 11.8 Å². The van der Waals surface area contributed by atoms with Crippen LogP contribution in [0.2, 0.25) is 0 Å². The minimum Gasteiger partial charge on any atom is -0.399 e. The Labute approximate surface area is 298 Å². The van der Waals surface area contributed by atoms with Crippen molar-refractivity contribution in [2.75, 3.05) is 27.0 Å². The predicted octanol–water partition coefficient (Wildman–Crippen LogP) is 8.77. The summed E-state index contributed by atoms with van der Waals surface area (Å²) in [5.41, 5.74) is 11.8. The predicted molar refractivity (Wildman–Crippen MR) is 210 cm³/mol. The van der Waals surface area contributed by atoms with Gasteiger partial charge in [0.1, 0.15) is 0 Å². The van der Waals surface area contributed by atoms with Crippen molar-refractivity contribution < 1.29 is 19.8 Å². The highest BCUT2D eigenvalue weighted by molar-refractivity contribution is 6.05. The molecule has 0 bridgehead atoms. The van der Waals surface area contributed by atoms with Crippen LogP contribution in [0.1, 0.15) is 94.2 Å². The molecule has 270 valence electrons. The molecule has 0 atom stereocenters. The Hall–Kier alpha value is -4.86. The fraction of sp³-hybridized carbons (Fsp3) is 0.366. The van der Waals surface area contributed by atoms with Crippen LogP contribution in [0.5, 0.6) is 0 Å². The number of amides is 2. The number of hydrogen-bond donors (Lipinski definition) is 7. The summed E-state index contributed by atoms with van der Waals surface area (Å²) in [6, 6.07) is 27.4. The lowest BCUT2D eigenvalue weighted by atomic mass is 9.90. The van der Waals surface area contributed by atoms with Crippen molar-refractivity contribution in [3.8, 4) is 0 Å². The van der Waals surface area contributed by atoms with Crippen LogP contribution in [0.4, 0.5) is 28.4 Å². The van der Waals surface area contributed by atoms with Gasteiger partial charge in [-0.2, -0.15) is 0 Å². The maximum atomic E-state index is 12.5. The third kappa shape index (κ3) is 14.7. The van der Waals surface area contributed by atoms with Crippen LogP contribution >= 0.6 is 0 Å². The van der Waals surface area contributed by atoms with Gasteiger partial charge in [-0.15, -0.1) is 0 Å². The molecule has 9 nitrogen and oxygen atoms in total. The second kappa shape index (κ2) is 20.0. The van der Waals surface area contributed by atoms with Gasteiger partial charge in [-0.3, -0.25) is 9.59 Å². The molecule has 0 saturated carbocycles. The molecule has 0 spiro atoms. The van der Waals surface area contributed by atoms with E-state index in [0.717, 1.165) is 28.5 Å². The van der Waals surface area contributed by atoms with Gasteiger partial charge in [-0.1, -0.05) is 58.9 Å². The molecule has 8 N–H and O–H groups in total. The monoisotopic (exact) mass is 683 g/mol. The number of aliphatic hydroxyl groups is 2. The SMILES string of the molecule is CC(C)C.CC(C)C(C)(C)Nc1cccc(NC(=O)c2cc(N)cc(CO)c2)c1.CC(C)Nc1cccc(NC(=O)c2cccc(CO)c2)c1. The molecule has 0 aliphatic carbocycles. The molecular formula is C41H57N5O4. The lowest BCUT2D eigenvalue weighted by Crippen LogP contribution is -2.36. The maximum absolute atomic E-state index is 12.5. The van der Waals surface area contributed by atoms with E-state index >= 15 is 0 Å². The first kappa shape index (κ1) is 41.3. The van der Waals surface area contributed by atoms with E-state index in [9.17, 15) is 14.7 Å². The number of carbonyl (C=O) groups is 2. The Morgan fingerprint density at radius 2 is 1.12 bits per heavy atom. The Morgan fingerprint density at radius 1 is 0.640 bits per heavy atom. The van der Waals surface area contributed by atoms with Gasteiger partial charge in [0, 0.05) is 51.1 Å². The fourth-order valence-corrected chi connectivity index (χ4v) is 4.37. The van der Waals surface area contributed by atoms with Crippen molar-refractivity contribution in [3.63, 3.8) is 0 Å². The molecule has 0 aliphatic heterocycles. The van der Waals surface area contributed by atoms with Crippen LogP contribution in [0.15, 0.2) is 91.0 Å². The molecule has 0 heterocycles. The fourth-order valence-electron chi connectivity index (χ4n) is 4.37. The minimum atomic E-state index is -0.262. The molecule has 9 heteroatoms. The summed E-state index contributed by atoms with van der Waals surface area (Å²) < 4.78 is 0. The van der Waals surface area contributed by atoms with E-state index in [1.54, 1.807) is 42.5 Å². The smallest absolute Gasteiger partial charge is 0.255 e. The molecule has 4 rings (SSSR count). The number of rotatable bonds is 11. The van der Waals surface area contributed by atoms with Crippen molar-refractivity contribution in [1.29, 1.82) is 0 Å². The van der Waals surface area contributed by atoms with Gasteiger partial charge >= 0.3 is 0 Å². The highest BCUT2D eigenvalue weighted by atomic mass is 16.3. The first-order valence-corrected chi connectivity index (χ1v) is 17.1. The lowest BCUT2D eigenvalue weighted by molar-refractivity contribution is 0.101. The Morgan fingerprint density at radius 3 is 1.66 bits per heavy atom. The minimum absolute atomic E-state index is 0.0630. The zero-order valence-corrected chi connectivity index (χ0v) is 31.1. The average Bonchev–Trinajstić information content (AvgIpc) is 3.04. The summed E-state index contributed by atoms with van der Waals surface area (Å²) >= 11 is 0. The number of nitrogens with two attached hydrogens (primary N) is 1. The summed E-state index contributed by atoms with van der Waals surface area (Å²) in [5, 5.41) is 30.9. The highest BCUT2D eigenvalue weighted by Gasteiger charge is 2.21. The van der Waals surface area contributed by atoms with Gasteiger partial charge in [0.15, 0.2) is 0 Å². The number of benzene rings is 4. The summed E-state index contributed by atoms with van der Waals surface area (Å²) in [4.78, 5) is 24.7. The molecule has 0 radical (unpaired) electrons. The quantitative estimate of drug-likeness (QED) is 0.0782. The molecule has 0 unspecified atom stereocenters. The largest absolute Gasteiger partial charge is 0.399 e. The van der Waals surface area contributed by atoms with E-state index in [2.05, 4.69) is 83.6 Å². The highest BCUT2D eigenvalue weighted by Crippen LogP contribution is 2.25. The van der Waals surface area contributed by atoms with Crippen LogP contribution < -0.4 is 27.0 Å². The van der Waals surface area contributed by atoms with Crippen LogP contribution in [-0.4, -0.2) is 33.6 Å². The van der Waals surface area contributed by atoms with Crippen molar-refractivity contribution in [2.24, 2.45) is 11.8 Å². The maximum Gasteiger partial charge on any atom is 0.255 e. The number of aliphatic hydroxyl groups excluding tert-OH is 2. The Bertz CT molecular complexity index is 1660. The summed E-state index contributed by atoms with van der Waals surface area (Å²) in [6.07, 6.45) is 0. The van der Waals surface area contributed by atoms with Crippen molar-refractivity contribution in [2.45, 2.75) is 87.1 Å². The van der Waals surface area contributed by atoms with E-state index in [1.165, 1.54) is 0 Å². The van der Waals surface area contributed by atoms with Crippen LogP contribution in [-0.2, 0) is 13.2 Å². The van der Waals surface area contributed by atoms with Gasteiger partial charge in [0.2, 0.25) is 0 Å². The lowest BCUT2D eigenvalue weighted by Gasteiger charge is -2.32. The van der Waals surface area contributed by atoms with Crippen LogP contribution in [0.25, 0.3) is 0 Å². The molecule has 0 saturated heterocycles. The summed E-state index contributed by atoms with van der Waals surface area (Å²) in [5.74, 6) is 0.837. The second-order valence-electron chi connectivity index (χ2n) is 14.1. The second-order valence-corrected chi connectivity index (χ2v) is 14.1. The molecule has 0 fully saturated rings. The summed E-state index contributed by atoms with van der Waals surface area (Å²) in [6.45, 7) is 19.0. The molecule has 0 aromatic heterocycles. The van der Waals surface area contributed by atoms with Gasteiger partial charge in [-0.05, 0) is 117 Å². The normalized spacial score (nSPS) is 10.8. The van der Waals surface area contributed by atoms with Crippen LogP contribution in [0.3, 0.4) is 0 Å². The average molecular weight is 684 g/mol. The third-order valence-corrected chi connectivity index (χ3v) is 7.44. The van der Waals surface area contributed by atoms with Gasteiger partial charge < -0.3 is 37.2 Å². The standard InChI is InChI=1S/C20H27N3O2.C17H20N2O2.C4H10/c1-13(2)20(3,4)23-18-7-5-6-17(11-18)22-19(25)15-8-14(12-24)9-16(21)10-15;1-12(2)18-15-7-4-8-16(10-15)19-17(21)14-6-3-5-13(9-14)11-20;1-4(2)3/h5-11,13,23-24H,12,21H2,1-4H3,(H,22,25);3-10,12,18,20H,11H2,1-2H3,(H,19,21);4H,1-3H3. The van der Waals surface area contributed by atoms with Gasteiger partial charge in [0.05, 0.1) is 13.2 Å². The molecule has 50 heavy (non-hydrogen) atoms. The van der Waals surface area contributed by atoms with E-state index in [0.29, 0.717) is 40.0 Å². The molecule has 4 aromatic carbocycles. The summed E-state index contributed by atoms with van der Waals surface area (Å²) in [7, 11) is 0. The van der Waals surface area contributed by atoms with Gasteiger partial charge in [0.25, 0.3) is 11.8 Å². The van der Waals surface area contributed by atoms with E-state index in [-0.39, 0.29) is 30.6 Å². The van der Waals surface area contributed by atoms with Gasteiger partial charge in [-0.25, -0.2) is 0 Å². The van der Waals surface area contributed by atoms with E-state index in [4.69, 9.17) is 10.8 Å². The first-order valence-electron chi connectivity index (χ1n) is 17.1. The third-order valence-electron chi connectivity index (χ3n) is 7.44. The topological polar surface area (TPSA) is 149 Å². The zero-order valence-electron chi connectivity index (χ0n) is 31.1.